The van der Waals surface area contributed by atoms with Crippen molar-refractivity contribution in [1.82, 2.24) is 9.55 Å². The first-order valence-electron chi connectivity index (χ1n) is 7.83. The summed E-state index contributed by atoms with van der Waals surface area (Å²) in [5.41, 5.74) is -0.330. The molecular weight excluding hydrogens is 312 g/mol. The summed E-state index contributed by atoms with van der Waals surface area (Å²) in [5.74, 6) is 0.746. The Bertz CT molecular complexity index is 725. The van der Waals surface area contributed by atoms with Crippen LogP contribution in [0.3, 0.4) is 0 Å². The normalized spacial score (nSPS) is 18.7. The van der Waals surface area contributed by atoms with Gasteiger partial charge in [-0.3, -0.25) is 14.3 Å². The maximum absolute atomic E-state index is 11.9. The molecule has 1 aliphatic rings. The summed E-state index contributed by atoms with van der Waals surface area (Å²) in [6.45, 7) is 13.0. The number of aryl methyl sites for hydroxylation is 1. The molecule has 0 amide bonds. The Hall–Kier alpha value is -1.60. The van der Waals surface area contributed by atoms with E-state index in [4.69, 9.17) is 9.16 Å². The predicted molar refractivity (Wildman–Crippen MR) is 92.0 cm³/mol. The van der Waals surface area contributed by atoms with Crippen LogP contribution < -0.4 is 11.2 Å². The molecule has 7 heteroatoms. The second-order valence-electron chi connectivity index (χ2n) is 7.51. The third kappa shape index (κ3) is 3.84. The average Bonchev–Trinajstić information content (AvgIpc) is 2.88. The van der Waals surface area contributed by atoms with Gasteiger partial charge in [-0.25, -0.2) is 4.79 Å². The molecule has 1 N–H and O–H groups in total. The zero-order valence-electron chi connectivity index (χ0n) is 14.7. The lowest BCUT2D eigenvalue weighted by Gasteiger charge is -2.36. The lowest BCUT2D eigenvalue weighted by Crippen LogP contribution is -2.41. The number of ether oxygens (including phenoxy) is 1. The summed E-state index contributed by atoms with van der Waals surface area (Å²) in [6, 6.07) is 0. The Labute approximate surface area is 137 Å². The zero-order valence-corrected chi connectivity index (χ0v) is 15.7. The first-order valence-corrected chi connectivity index (χ1v) is 10.7. The number of hydrogen-bond donors (Lipinski definition) is 1. The Kier molecular flexibility index (Phi) is 4.73. The average molecular weight is 338 g/mol. The molecule has 0 radical (unpaired) electrons. The van der Waals surface area contributed by atoms with Crippen molar-refractivity contribution in [2.24, 2.45) is 0 Å². The first-order chi connectivity index (χ1) is 10.5. The summed E-state index contributed by atoms with van der Waals surface area (Å²) in [7, 11) is -1.84. The largest absolute Gasteiger partial charge is 0.472 e. The van der Waals surface area contributed by atoms with Crippen molar-refractivity contribution < 1.29 is 9.16 Å². The van der Waals surface area contributed by atoms with Crippen molar-refractivity contribution in [2.75, 3.05) is 6.61 Å². The highest BCUT2D eigenvalue weighted by Gasteiger charge is 2.37. The van der Waals surface area contributed by atoms with E-state index in [2.05, 4.69) is 38.8 Å². The van der Waals surface area contributed by atoms with E-state index in [1.165, 1.54) is 10.8 Å². The highest BCUT2D eigenvalue weighted by molar-refractivity contribution is 6.74. The van der Waals surface area contributed by atoms with Crippen LogP contribution in [0.4, 0.5) is 0 Å². The van der Waals surface area contributed by atoms with Crippen molar-refractivity contribution in [2.45, 2.75) is 58.5 Å². The van der Waals surface area contributed by atoms with Crippen molar-refractivity contribution >= 4 is 8.32 Å². The smallest absolute Gasteiger partial charge is 0.331 e. The van der Waals surface area contributed by atoms with E-state index in [1.54, 1.807) is 6.92 Å². The fourth-order valence-electron chi connectivity index (χ4n) is 2.03. The van der Waals surface area contributed by atoms with Gasteiger partial charge < -0.3 is 9.16 Å². The van der Waals surface area contributed by atoms with Crippen LogP contribution in [0.2, 0.25) is 18.1 Å². The van der Waals surface area contributed by atoms with Gasteiger partial charge in [-0.1, -0.05) is 20.8 Å². The SMILES string of the molecule is Cc1cn([C@H]2CC=C(CO[Si](C)(C)C(C)(C)C)O2)c(=O)[nH]c1=O. The molecule has 0 spiro atoms. The molecule has 1 aromatic heterocycles. The molecule has 128 valence electrons. The van der Waals surface area contributed by atoms with Crippen molar-refractivity contribution in [3.05, 3.63) is 44.4 Å². The van der Waals surface area contributed by atoms with Crippen LogP contribution in [-0.2, 0) is 9.16 Å². The van der Waals surface area contributed by atoms with E-state index in [-0.39, 0.29) is 10.6 Å². The molecular formula is C16H26N2O4Si. The quantitative estimate of drug-likeness (QED) is 0.857. The monoisotopic (exact) mass is 338 g/mol. The van der Waals surface area contributed by atoms with Crippen LogP contribution >= 0.6 is 0 Å². The minimum atomic E-state index is -1.84. The molecule has 2 heterocycles. The first kappa shape index (κ1) is 17.7. The van der Waals surface area contributed by atoms with Gasteiger partial charge >= 0.3 is 5.69 Å². The van der Waals surface area contributed by atoms with Gasteiger partial charge in [0.25, 0.3) is 5.56 Å². The van der Waals surface area contributed by atoms with E-state index in [1.807, 2.05) is 6.08 Å². The number of nitrogens with zero attached hydrogens (tertiary/aromatic N) is 1. The van der Waals surface area contributed by atoms with Gasteiger partial charge in [0.05, 0.1) is 6.61 Å². The van der Waals surface area contributed by atoms with Crippen LogP contribution in [0.25, 0.3) is 0 Å². The number of aromatic nitrogens is 2. The molecule has 0 aromatic carbocycles. The highest BCUT2D eigenvalue weighted by Crippen LogP contribution is 2.37. The van der Waals surface area contributed by atoms with Crippen LogP contribution in [0.15, 0.2) is 27.6 Å². The van der Waals surface area contributed by atoms with Crippen LogP contribution in [0.5, 0.6) is 0 Å². The van der Waals surface area contributed by atoms with Crippen molar-refractivity contribution in [3.63, 3.8) is 0 Å². The molecule has 6 nitrogen and oxygen atoms in total. The van der Waals surface area contributed by atoms with E-state index in [9.17, 15) is 9.59 Å². The molecule has 0 saturated heterocycles. The van der Waals surface area contributed by atoms with Crippen LogP contribution in [0, 0.1) is 6.92 Å². The molecule has 0 aliphatic carbocycles. The third-order valence-electron chi connectivity index (χ3n) is 4.67. The van der Waals surface area contributed by atoms with E-state index in [0.717, 1.165) is 5.76 Å². The number of H-pyrrole nitrogens is 1. The number of rotatable bonds is 4. The minimum Gasteiger partial charge on any atom is -0.472 e. The second-order valence-corrected chi connectivity index (χ2v) is 12.3. The van der Waals surface area contributed by atoms with Gasteiger partial charge in [0.2, 0.25) is 0 Å². The maximum Gasteiger partial charge on any atom is 0.331 e. The standard InChI is InChI=1S/C16H26N2O4Si/c1-11-9-18(15(20)17-14(11)19)13-8-7-12(22-13)10-21-23(5,6)16(2,3)4/h7,9,13H,8,10H2,1-6H3,(H,17,19,20)/t13-/m1/s1. The Morgan fingerprint density at radius 3 is 2.65 bits per heavy atom. The Morgan fingerprint density at radius 1 is 1.39 bits per heavy atom. The molecule has 23 heavy (non-hydrogen) atoms. The van der Waals surface area contributed by atoms with Gasteiger partial charge in [-0.05, 0) is 31.1 Å². The van der Waals surface area contributed by atoms with Gasteiger partial charge in [-0.15, -0.1) is 0 Å². The number of hydrogen-bond acceptors (Lipinski definition) is 4. The molecule has 1 aromatic rings. The second kappa shape index (κ2) is 6.12. The van der Waals surface area contributed by atoms with Crippen LogP contribution in [-0.4, -0.2) is 24.5 Å². The Balaban J connectivity index is 2.03. The maximum atomic E-state index is 11.9. The van der Waals surface area contributed by atoms with Crippen LogP contribution in [0.1, 0.15) is 39.0 Å². The number of nitrogens with one attached hydrogen (secondary N) is 1. The Morgan fingerprint density at radius 2 is 2.04 bits per heavy atom. The van der Waals surface area contributed by atoms with Gasteiger partial charge in [0.1, 0.15) is 5.76 Å². The van der Waals surface area contributed by atoms with Crippen molar-refractivity contribution in [1.29, 1.82) is 0 Å². The zero-order chi connectivity index (χ0) is 17.4. The molecule has 0 saturated carbocycles. The third-order valence-corrected chi connectivity index (χ3v) is 9.15. The van der Waals surface area contributed by atoms with E-state index < -0.39 is 20.2 Å². The molecule has 0 fully saturated rings. The summed E-state index contributed by atoms with van der Waals surface area (Å²) in [5, 5.41) is 0.137. The topological polar surface area (TPSA) is 73.3 Å². The summed E-state index contributed by atoms with van der Waals surface area (Å²) < 4.78 is 13.4. The number of aromatic amines is 1. The van der Waals surface area contributed by atoms with Gasteiger partial charge in [-0.2, -0.15) is 0 Å². The molecule has 1 aliphatic heterocycles. The summed E-state index contributed by atoms with van der Waals surface area (Å²) >= 11 is 0. The summed E-state index contributed by atoms with van der Waals surface area (Å²) in [4.78, 5) is 25.7. The highest BCUT2D eigenvalue weighted by atomic mass is 28.4. The molecule has 0 bridgehead atoms. The molecule has 1 atom stereocenters. The molecule has 0 unspecified atom stereocenters. The predicted octanol–water partition coefficient (Wildman–Crippen LogP) is 2.67. The summed E-state index contributed by atoms with van der Waals surface area (Å²) in [6.07, 6.45) is 3.65. The fraction of sp³-hybridized carbons (Fsp3) is 0.625. The molecule has 2 rings (SSSR count). The van der Waals surface area contributed by atoms with E-state index in [0.29, 0.717) is 18.6 Å². The van der Waals surface area contributed by atoms with Gasteiger partial charge in [0, 0.05) is 18.2 Å². The van der Waals surface area contributed by atoms with Crippen molar-refractivity contribution in [3.8, 4) is 0 Å². The lowest BCUT2D eigenvalue weighted by atomic mass is 10.2. The lowest BCUT2D eigenvalue weighted by molar-refractivity contribution is 0.0604. The fourth-order valence-corrected chi connectivity index (χ4v) is 2.97. The minimum absolute atomic E-state index is 0.137. The van der Waals surface area contributed by atoms with Gasteiger partial charge in [0.15, 0.2) is 14.5 Å². The van der Waals surface area contributed by atoms with E-state index >= 15 is 0 Å².